The molecule has 0 bridgehead atoms. The molecule has 0 fully saturated rings. The van der Waals surface area contributed by atoms with Gasteiger partial charge in [0.1, 0.15) is 0 Å². The zero-order chi connectivity index (χ0) is 16.7. The number of allylic oxidation sites excluding steroid dienone is 1. The van der Waals surface area contributed by atoms with Crippen LogP contribution in [0.3, 0.4) is 0 Å². The van der Waals surface area contributed by atoms with Crippen LogP contribution in [0.4, 0.5) is 0 Å². The lowest BCUT2D eigenvalue weighted by Gasteiger charge is -2.29. The Morgan fingerprint density at radius 3 is 2.17 bits per heavy atom. The van der Waals surface area contributed by atoms with Gasteiger partial charge < -0.3 is 0 Å². The molecule has 114 valence electrons. The van der Waals surface area contributed by atoms with Crippen LogP contribution in [0, 0.1) is 28.1 Å². The highest BCUT2D eigenvalue weighted by Crippen LogP contribution is 2.41. The fourth-order valence-electron chi connectivity index (χ4n) is 2.78. The van der Waals surface area contributed by atoms with Crippen molar-refractivity contribution >= 4 is 11.6 Å². The first-order valence-corrected chi connectivity index (χ1v) is 7.76. The van der Waals surface area contributed by atoms with Crippen molar-refractivity contribution in [3.05, 3.63) is 83.4 Å². The van der Waals surface area contributed by atoms with Gasteiger partial charge >= 0.3 is 0 Å². The standard InChI is InChI=1S/C20H17ClN2/c1-2-6-19(17-9-11-18(21)12-10-17)20(14-22,15-23)13-16-7-4-3-5-8-16/h2-5,7-12,19H,1,6,13H2. The van der Waals surface area contributed by atoms with Crippen LogP contribution in [-0.2, 0) is 6.42 Å². The number of hydrogen-bond acceptors (Lipinski definition) is 2. The number of nitrogens with zero attached hydrogens (tertiary/aromatic N) is 2. The molecule has 0 saturated heterocycles. The molecule has 2 rings (SSSR count). The highest BCUT2D eigenvalue weighted by molar-refractivity contribution is 6.30. The zero-order valence-electron chi connectivity index (χ0n) is 12.7. The van der Waals surface area contributed by atoms with E-state index in [0.29, 0.717) is 17.9 Å². The zero-order valence-corrected chi connectivity index (χ0v) is 13.5. The van der Waals surface area contributed by atoms with E-state index in [1.807, 2.05) is 42.5 Å². The molecule has 3 heteroatoms. The first-order valence-electron chi connectivity index (χ1n) is 7.38. The minimum absolute atomic E-state index is 0.257. The van der Waals surface area contributed by atoms with Crippen molar-refractivity contribution in [2.45, 2.75) is 18.8 Å². The second kappa shape index (κ2) is 7.63. The van der Waals surface area contributed by atoms with Crippen LogP contribution in [0.25, 0.3) is 0 Å². The van der Waals surface area contributed by atoms with Crippen molar-refractivity contribution in [1.29, 1.82) is 10.5 Å². The van der Waals surface area contributed by atoms with Gasteiger partial charge in [-0.1, -0.05) is 60.1 Å². The molecule has 2 aromatic carbocycles. The predicted octanol–water partition coefficient (Wildman–Crippen LogP) is 5.28. The minimum Gasteiger partial charge on any atom is -0.197 e. The Morgan fingerprint density at radius 2 is 1.65 bits per heavy atom. The monoisotopic (exact) mass is 320 g/mol. The summed E-state index contributed by atoms with van der Waals surface area (Å²) in [5.41, 5.74) is 0.746. The number of nitriles is 2. The third kappa shape index (κ3) is 3.81. The molecule has 23 heavy (non-hydrogen) atoms. The summed E-state index contributed by atoms with van der Waals surface area (Å²) in [6.45, 7) is 3.79. The van der Waals surface area contributed by atoms with Gasteiger partial charge in [0.15, 0.2) is 5.41 Å². The third-order valence-electron chi connectivity index (χ3n) is 3.99. The number of hydrogen-bond donors (Lipinski definition) is 0. The van der Waals surface area contributed by atoms with Gasteiger partial charge in [-0.3, -0.25) is 0 Å². The van der Waals surface area contributed by atoms with Crippen LogP contribution in [0.2, 0.25) is 5.02 Å². The van der Waals surface area contributed by atoms with Crippen molar-refractivity contribution in [3.8, 4) is 12.1 Å². The molecule has 0 aliphatic carbocycles. The maximum Gasteiger partial charge on any atom is 0.154 e. The lowest BCUT2D eigenvalue weighted by Crippen LogP contribution is -2.28. The van der Waals surface area contributed by atoms with E-state index < -0.39 is 5.41 Å². The molecule has 0 amide bonds. The summed E-state index contributed by atoms with van der Waals surface area (Å²) in [7, 11) is 0. The van der Waals surface area contributed by atoms with Crippen molar-refractivity contribution in [2.75, 3.05) is 0 Å². The van der Waals surface area contributed by atoms with E-state index in [2.05, 4.69) is 18.7 Å². The normalized spacial score (nSPS) is 12.0. The van der Waals surface area contributed by atoms with Crippen molar-refractivity contribution in [2.24, 2.45) is 5.41 Å². The van der Waals surface area contributed by atoms with E-state index >= 15 is 0 Å². The predicted molar refractivity (Wildman–Crippen MR) is 92.8 cm³/mol. The lowest BCUT2D eigenvalue weighted by atomic mass is 9.69. The molecule has 0 heterocycles. The van der Waals surface area contributed by atoms with Crippen LogP contribution < -0.4 is 0 Å². The Hall–Kier alpha value is -2.55. The second-order valence-electron chi connectivity index (χ2n) is 5.49. The van der Waals surface area contributed by atoms with E-state index in [1.165, 1.54) is 0 Å². The quantitative estimate of drug-likeness (QED) is 0.680. The Morgan fingerprint density at radius 1 is 1.04 bits per heavy atom. The van der Waals surface area contributed by atoms with Crippen molar-refractivity contribution < 1.29 is 0 Å². The van der Waals surface area contributed by atoms with Crippen molar-refractivity contribution in [3.63, 3.8) is 0 Å². The third-order valence-corrected chi connectivity index (χ3v) is 4.25. The number of benzene rings is 2. The van der Waals surface area contributed by atoms with E-state index in [4.69, 9.17) is 11.6 Å². The summed E-state index contributed by atoms with van der Waals surface area (Å²) < 4.78 is 0. The summed E-state index contributed by atoms with van der Waals surface area (Å²) in [6, 6.07) is 21.5. The van der Waals surface area contributed by atoms with Gasteiger partial charge in [-0.2, -0.15) is 10.5 Å². The molecule has 1 atom stereocenters. The first-order chi connectivity index (χ1) is 11.1. The fourth-order valence-corrected chi connectivity index (χ4v) is 2.91. The molecule has 0 saturated carbocycles. The van der Waals surface area contributed by atoms with Crippen LogP contribution in [-0.4, -0.2) is 0 Å². The number of rotatable bonds is 6. The average molecular weight is 321 g/mol. The lowest BCUT2D eigenvalue weighted by molar-refractivity contribution is 0.408. The average Bonchev–Trinajstić information content (AvgIpc) is 2.60. The topological polar surface area (TPSA) is 47.6 Å². The molecule has 0 aliphatic heterocycles. The van der Waals surface area contributed by atoms with Gasteiger partial charge in [0, 0.05) is 17.4 Å². The van der Waals surface area contributed by atoms with E-state index in [0.717, 1.165) is 11.1 Å². The highest BCUT2D eigenvalue weighted by Gasteiger charge is 2.40. The molecule has 2 aromatic rings. The minimum atomic E-state index is -1.15. The van der Waals surface area contributed by atoms with Gasteiger partial charge in [-0.05, 0) is 29.7 Å². The smallest absolute Gasteiger partial charge is 0.154 e. The summed E-state index contributed by atoms with van der Waals surface area (Å²) >= 11 is 5.96. The molecule has 0 spiro atoms. The Bertz CT molecular complexity index is 722. The summed E-state index contributed by atoms with van der Waals surface area (Å²) in [6.07, 6.45) is 2.69. The molecule has 0 N–H and O–H groups in total. The van der Waals surface area contributed by atoms with Gasteiger partial charge in [0.05, 0.1) is 12.1 Å². The maximum absolute atomic E-state index is 9.82. The van der Waals surface area contributed by atoms with Crippen LogP contribution in [0.15, 0.2) is 67.3 Å². The molecular formula is C20H17ClN2. The van der Waals surface area contributed by atoms with Gasteiger partial charge in [0.2, 0.25) is 0 Å². The summed E-state index contributed by atoms with van der Waals surface area (Å²) in [4.78, 5) is 0. The van der Waals surface area contributed by atoms with Gasteiger partial charge in [-0.25, -0.2) is 0 Å². The van der Waals surface area contributed by atoms with E-state index in [9.17, 15) is 10.5 Å². The molecule has 2 nitrogen and oxygen atoms in total. The van der Waals surface area contributed by atoms with Crippen LogP contribution >= 0.6 is 11.6 Å². The van der Waals surface area contributed by atoms with Crippen LogP contribution in [0.5, 0.6) is 0 Å². The maximum atomic E-state index is 9.82. The Labute approximate surface area is 142 Å². The molecule has 1 unspecified atom stereocenters. The van der Waals surface area contributed by atoms with Gasteiger partial charge in [-0.15, -0.1) is 6.58 Å². The Balaban J connectivity index is 2.46. The molecule has 0 aromatic heterocycles. The van der Waals surface area contributed by atoms with Crippen molar-refractivity contribution in [1.82, 2.24) is 0 Å². The van der Waals surface area contributed by atoms with Gasteiger partial charge in [0.25, 0.3) is 0 Å². The first kappa shape index (κ1) is 16.8. The molecule has 0 aliphatic rings. The van der Waals surface area contributed by atoms with E-state index in [1.54, 1.807) is 18.2 Å². The fraction of sp³-hybridized carbons (Fsp3) is 0.200. The van der Waals surface area contributed by atoms with E-state index in [-0.39, 0.29) is 5.92 Å². The summed E-state index contributed by atoms with van der Waals surface area (Å²) in [5.74, 6) is -0.257. The van der Waals surface area contributed by atoms with Crippen LogP contribution in [0.1, 0.15) is 23.5 Å². The second-order valence-corrected chi connectivity index (χ2v) is 5.92. The number of halogens is 1. The largest absolute Gasteiger partial charge is 0.197 e. The molecular weight excluding hydrogens is 304 g/mol. The Kier molecular flexibility index (Phi) is 5.58. The SMILES string of the molecule is C=CCC(c1ccc(Cl)cc1)C(C#N)(C#N)Cc1ccccc1. The summed E-state index contributed by atoms with van der Waals surface area (Å²) in [5, 5.41) is 20.3. The molecule has 0 radical (unpaired) electrons. The highest BCUT2D eigenvalue weighted by atomic mass is 35.5.